The van der Waals surface area contributed by atoms with Crippen molar-refractivity contribution < 1.29 is 43.1 Å². The Hall–Kier alpha value is -3.81. The number of aliphatic carboxylic acids is 1. The maximum atomic E-state index is 12.4. The van der Waals surface area contributed by atoms with Crippen molar-refractivity contribution in [3.8, 4) is 0 Å². The van der Waals surface area contributed by atoms with Crippen molar-refractivity contribution in [2.45, 2.75) is 6.04 Å². The van der Waals surface area contributed by atoms with Crippen LogP contribution in [0.4, 0.5) is 4.79 Å². The van der Waals surface area contributed by atoms with E-state index >= 15 is 0 Å². The minimum Gasteiger partial charge on any atom is -0.477 e. The first-order chi connectivity index (χ1) is 14.2. The molecule has 0 aliphatic carbocycles. The number of imide groups is 1. The Morgan fingerprint density at radius 2 is 2.03 bits per heavy atom. The molecule has 0 atom stereocenters. The predicted molar refractivity (Wildman–Crippen MR) is 100 cm³/mol. The van der Waals surface area contributed by atoms with Gasteiger partial charge >= 0.3 is 12.1 Å². The van der Waals surface area contributed by atoms with Gasteiger partial charge in [-0.2, -0.15) is 12.6 Å². The SMILES string of the molecule is CO/N=C(\C(=O)NC1C(=O)N(C(C(=O)O)=C(CS)COC(N)=O)C1=O)c1ccco1. The first-order valence-corrected chi connectivity index (χ1v) is 8.68. The van der Waals surface area contributed by atoms with Crippen molar-refractivity contribution in [3.05, 3.63) is 35.4 Å². The zero-order chi connectivity index (χ0) is 22.4. The van der Waals surface area contributed by atoms with Crippen LogP contribution in [-0.4, -0.2) is 71.0 Å². The van der Waals surface area contributed by atoms with Gasteiger partial charge in [0.15, 0.2) is 11.8 Å². The highest BCUT2D eigenvalue weighted by atomic mass is 32.1. The van der Waals surface area contributed by atoms with Crippen molar-refractivity contribution in [2.75, 3.05) is 19.5 Å². The van der Waals surface area contributed by atoms with Crippen LogP contribution >= 0.6 is 12.6 Å². The molecule has 14 heteroatoms. The molecular weight excluding hydrogens is 424 g/mol. The smallest absolute Gasteiger partial charge is 0.404 e. The second-order valence-electron chi connectivity index (χ2n) is 5.54. The number of carboxylic acids is 1. The van der Waals surface area contributed by atoms with Crippen molar-refractivity contribution >= 4 is 48.1 Å². The van der Waals surface area contributed by atoms with E-state index in [1.807, 2.05) is 0 Å². The number of oxime groups is 1. The molecule has 0 radical (unpaired) electrons. The first-order valence-electron chi connectivity index (χ1n) is 8.05. The van der Waals surface area contributed by atoms with Crippen molar-refractivity contribution in [1.82, 2.24) is 10.2 Å². The summed E-state index contributed by atoms with van der Waals surface area (Å²) in [5.41, 5.74) is 3.59. The lowest BCUT2D eigenvalue weighted by Crippen LogP contribution is -2.68. The molecule has 1 aliphatic rings. The molecule has 13 nitrogen and oxygen atoms in total. The highest BCUT2D eigenvalue weighted by molar-refractivity contribution is 7.80. The van der Waals surface area contributed by atoms with Crippen LogP contribution in [0.2, 0.25) is 0 Å². The van der Waals surface area contributed by atoms with Crippen LogP contribution in [0, 0.1) is 0 Å². The third-order valence-electron chi connectivity index (χ3n) is 3.70. The molecule has 1 saturated heterocycles. The van der Waals surface area contributed by atoms with E-state index in [2.05, 4.69) is 32.7 Å². The van der Waals surface area contributed by atoms with E-state index in [0.29, 0.717) is 4.90 Å². The Labute approximate surface area is 173 Å². The maximum absolute atomic E-state index is 12.4. The third-order valence-corrected chi connectivity index (χ3v) is 4.08. The molecule has 0 aromatic carbocycles. The van der Waals surface area contributed by atoms with Gasteiger partial charge in [-0.25, -0.2) is 14.5 Å². The average Bonchev–Trinajstić information content (AvgIpc) is 3.23. The second kappa shape index (κ2) is 9.60. The Morgan fingerprint density at radius 3 is 2.50 bits per heavy atom. The number of amides is 4. The maximum Gasteiger partial charge on any atom is 0.404 e. The Balaban J connectivity index is 2.23. The molecule has 0 saturated carbocycles. The number of nitrogens with two attached hydrogens (primary N) is 1. The van der Waals surface area contributed by atoms with E-state index in [4.69, 9.17) is 10.2 Å². The number of β-lactam (4-membered cyclic amide) rings is 2. The monoisotopic (exact) mass is 440 g/mol. The summed E-state index contributed by atoms with van der Waals surface area (Å²) in [6, 6.07) is 1.21. The number of nitrogens with zero attached hydrogens (tertiary/aromatic N) is 2. The van der Waals surface area contributed by atoms with Gasteiger partial charge in [-0.15, -0.1) is 0 Å². The molecule has 4 amide bonds. The molecule has 2 heterocycles. The van der Waals surface area contributed by atoms with E-state index in [1.165, 1.54) is 25.5 Å². The molecule has 2 rings (SSSR count). The number of nitrogens with one attached hydrogen (secondary N) is 1. The van der Waals surface area contributed by atoms with Crippen LogP contribution in [-0.2, 0) is 28.8 Å². The fraction of sp³-hybridized carbons (Fsp3) is 0.250. The first kappa shape index (κ1) is 22.5. The largest absolute Gasteiger partial charge is 0.477 e. The number of hydrogen-bond donors (Lipinski definition) is 4. The Bertz CT molecular complexity index is 923. The van der Waals surface area contributed by atoms with E-state index in [9.17, 15) is 29.1 Å². The van der Waals surface area contributed by atoms with Gasteiger partial charge in [0.25, 0.3) is 17.7 Å². The van der Waals surface area contributed by atoms with E-state index in [1.54, 1.807) is 0 Å². The topological polar surface area (TPSA) is 191 Å². The zero-order valence-electron chi connectivity index (χ0n) is 15.4. The number of hydrogen-bond acceptors (Lipinski definition) is 10. The van der Waals surface area contributed by atoms with E-state index < -0.39 is 48.1 Å². The van der Waals surface area contributed by atoms with Crippen molar-refractivity contribution in [1.29, 1.82) is 0 Å². The van der Waals surface area contributed by atoms with Gasteiger partial charge in [-0.1, -0.05) is 5.16 Å². The third kappa shape index (κ3) is 4.60. The number of furan rings is 1. The summed E-state index contributed by atoms with van der Waals surface area (Å²) in [7, 11) is 1.18. The molecule has 0 unspecified atom stereocenters. The molecule has 0 bridgehead atoms. The van der Waals surface area contributed by atoms with Crippen LogP contribution in [0.1, 0.15) is 5.76 Å². The quantitative estimate of drug-likeness (QED) is 0.0916. The van der Waals surface area contributed by atoms with Gasteiger partial charge in [0.1, 0.15) is 19.4 Å². The highest BCUT2D eigenvalue weighted by Gasteiger charge is 2.52. The summed E-state index contributed by atoms with van der Waals surface area (Å²) in [4.78, 5) is 64.5. The molecule has 0 spiro atoms. The molecule has 4 N–H and O–H groups in total. The molecule has 1 aliphatic heterocycles. The zero-order valence-corrected chi connectivity index (χ0v) is 16.3. The van der Waals surface area contributed by atoms with Gasteiger partial charge in [-0.05, 0) is 12.1 Å². The fourth-order valence-corrected chi connectivity index (χ4v) is 2.65. The predicted octanol–water partition coefficient (Wildman–Crippen LogP) is -1.15. The number of primary amides is 1. The lowest BCUT2D eigenvalue weighted by Gasteiger charge is -2.36. The lowest BCUT2D eigenvalue weighted by atomic mass is 10.0. The summed E-state index contributed by atoms with van der Waals surface area (Å²) in [5, 5.41) is 15.0. The number of ether oxygens (including phenoxy) is 1. The van der Waals surface area contributed by atoms with Gasteiger partial charge in [0.05, 0.1) is 6.26 Å². The molecule has 30 heavy (non-hydrogen) atoms. The lowest BCUT2D eigenvalue weighted by molar-refractivity contribution is -0.162. The number of rotatable bonds is 9. The minimum absolute atomic E-state index is 0.0116. The van der Waals surface area contributed by atoms with Crippen molar-refractivity contribution in [3.63, 3.8) is 0 Å². The molecule has 1 aromatic rings. The number of carboxylic acid groups (broad SMARTS) is 1. The van der Waals surface area contributed by atoms with Gasteiger partial charge in [0, 0.05) is 11.3 Å². The summed E-state index contributed by atoms with van der Waals surface area (Å²) >= 11 is 3.92. The molecule has 1 aromatic heterocycles. The highest BCUT2D eigenvalue weighted by Crippen LogP contribution is 2.23. The summed E-state index contributed by atoms with van der Waals surface area (Å²) < 4.78 is 9.56. The molecule has 1 fully saturated rings. The van der Waals surface area contributed by atoms with E-state index in [-0.39, 0.29) is 22.8 Å². The minimum atomic E-state index is -1.66. The van der Waals surface area contributed by atoms with Gasteiger partial charge in [-0.3, -0.25) is 14.4 Å². The molecule has 160 valence electrons. The van der Waals surface area contributed by atoms with Crippen LogP contribution in [0.15, 0.2) is 39.2 Å². The van der Waals surface area contributed by atoms with Crippen LogP contribution in [0.5, 0.6) is 0 Å². The van der Waals surface area contributed by atoms with Crippen LogP contribution < -0.4 is 11.1 Å². The summed E-state index contributed by atoms with van der Waals surface area (Å²) in [6.45, 7) is -0.600. The Kier molecular flexibility index (Phi) is 7.19. The number of carbonyl (C=O) groups is 5. The fourth-order valence-electron chi connectivity index (χ4n) is 2.40. The van der Waals surface area contributed by atoms with Crippen LogP contribution in [0.3, 0.4) is 0 Å². The molecular formula is C16H16N4O9S. The van der Waals surface area contributed by atoms with Crippen LogP contribution in [0.25, 0.3) is 0 Å². The standard InChI is InChI=1S/C16H16N4O9S/c1-27-19-9(8-3-2-4-28-8)12(21)18-10-13(22)20(14(10)23)11(15(24)25)7(6-30)5-29-16(17)26/h2-4,10,30H,5-6H2,1H3,(H2,17,26)(H,18,21)(H,24,25)/b11-7?,19-9-. The summed E-state index contributed by atoms with van der Waals surface area (Å²) in [6.07, 6.45) is 0.0833. The number of likely N-dealkylation sites (tertiary alicyclic amines) is 1. The van der Waals surface area contributed by atoms with Gasteiger partial charge < -0.3 is 30.1 Å². The number of carbonyl (C=O) groups excluding carboxylic acids is 4. The summed E-state index contributed by atoms with van der Waals surface area (Å²) in [5.74, 6) is -4.91. The normalized spacial score (nSPS) is 15.3. The average molecular weight is 440 g/mol. The Morgan fingerprint density at radius 1 is 1.37 bits per heavy atom. The van der Waals surface area contributed by atoms with E-state index in [0.717, 1.165) is 0 Å². The number of thiol groups is 1. The second-order valence-corrected chi connectivity index (χ2v) is 5.86. The van der Waals surface area contributed by atoms with Crippen molar-refractivity contribution in [2.24, 2.45) is 10.9 Å². The van der Waals surface area contributed by atoms with Gasteiger partial charge in [0.2, 0.25) is 5.71 Å².